The summed E-state index contributed by atoms with van der Waals surface area (Å²) in [6.45, 7) is 5.09. The van der Waals surface area contributed by atoms with Crippen LogP contribution in [0.3, 0.4) is 0 Å². The predicted octanol–water partition coefficient (Wildman–Crippen LogP) is 4.66. The molecule has 0 aliphatic rings. The summed E-state index contributed by atoms with van der Waals surface area (Å²) >= 11 is 18.5. The van der Waals surface area contributed by atoms with Crippen molar-refractivity contribution in [2.75, 3.05) is 17.5 Å². The number of hydrogen-bond donors (Lipinski definition) is 0. The lowest BCUT2D eigenvalue weighted by atomic mass is 9.81. The number of rotatable bonds is 6. The van der Waals surface area contributed by atoms with Crippen molar-refractivity contribution in [2.24, 2.45) is 0 Å². The minimum absolute atomic E-state index is 0.0289. The van der Waals surface area contributed by atoms with E-state index in [4.69, 9.17) is 34.8 Å². The Balaban J connectivity index is 3.12. The second-order valence-corrected chi connectivity index (χ2v) is 10.0. The summed E-state index contributed by atoms with van der Waals surface area (Å²) in [5.74, 6) is 0.473. The van der Waals surface area contributed by atoms with E-state index in [9.17, 15) is 8.42 Å². The number of alkyl halides is 2. The highest BCUT2D eigenvalue weighted by molar-refractivity contribution is 7.92. The molecule has 21 heavy (non-hydrogen) atoms. The first-order valence-electron chi connectivity index (χ1n) is 6.69. The topological polar surface area (TPSA) is 34.1 Å². The molecule has 0 bridgehead atoms. The van der Waals surface area contributed by atoms with E-state index in [2.05, 4.69) is 0 Å². The van der Waals surface area contributed by atoms with Crippen LogP contribution < -0.4 is 0 Å². The zero-order chi connectivity index (χ0) is 16.3. The van der Waals surface area contributed by atoms with Gasteiger partial charge in [0.2, 0.25) is 0 Å². The largest absolute Gasteiger partial charge is 0.228 e. The molecule has 1 rings (SSSR count). The van der Waals surface area contributed by atoms with Crippen molar-refractivity contribution in [1.29, 1.82) is 0 Å². The number of hydrogen-bond acceptors (Lipinski definition) is 2. The molecule has 0 fully saturated rings. The fourth-order valence-electron chi connectivity index (χ4n) is 1.98. The normalized spacial score (nSPS) is 13.4. The minimum Gasteiger partial charge on any atom is -0.228 e. The van der Waals surface area contributed by atoms with Crippen molar-refractivity contribution in [3.63, 3.8) is 0 Å². The molecule has 2 nitrogen and oxygen atoms in total. The molecule has 0 radical (unpaired) electrons. The van der Waals surface area contributed by atoms with Gasteiger partial charge in [-0.3, -0.25) is 0 Å². The fraction of sp³-hybridized carbons (Fsp3) is 0.600. The monoisotopic (exact) mass is 370 g/mol. The second-order valence-electron chi connectivity index (χ2n) is 6.21. The van der Waals surface area contributed by atoms with Gasteiger partial charge in [0.15, 0.2) is 9.84 Å². The van der Waals surface area contributed by atoms with Crippen LogP contribution in [0, 0.1) is 0 Å². The van der Waals surface area contributed by atoms with Crippen LogP contribution in [-0.2, 0) is 15.3 Å². The molecular formula is C15H21Cl3O2S. The molecule has 0 saturated heterocycles. The lowest BCUT2D eigenvalue weighted by Gasteiger charge is -2.32. The van der Waals surface area contributed by atoms with E-state index in [1.54, 1.807) is 26.8 Å². The Morgan fingerprint density at radius 1 is 1.05 bits per heavy atom. The van der Waals surface area contributed by atoms with E-state index in [1.165, 1.54) is 0 Å². The highest BCUT2D eigenvalue weighted by atomic mass is 35.5. The molecule has 6 heteroatoms. The Labute approximate surface area is 142 Å². The van der Waals surface area contributed by atoms with E-state index in [1.807, 2.05) is 18.2 Å². The molecule has 0 unspecified atom stereocenters. The molecule has 0 N–H and O–H groups in total. The third kappa shape index (κ3) is 4.28. The highest BCUT2D eigenvalue weighted by Crippen LogP contribution is 2.37. The first-order chi connectivity index (χ1) is 9.59. The molecule has 0 aliphatic heterocycles. The molecule has 0 amide bonds. The van der Waals surface area contributed by atoms with Crippen molar-refractivity contribution in [2.45, 2.75) is 37.4 Å². The van der Waals surface area contributed by atoms with Gasteiger partial charge in [0, 0.05) is 22.2 Å². The molecule has 0 atom stereocenters. The summed E-state index contributed by atoms with van der Waals surface area (Å²) < 4.78 is 23.9. The van der Waals surface area contributed by atoms with Gasteiger partial charge in [-0.15, -0.1) is 23.2 Å². The van der Waals surface area contributed by atoms with Crippen molar-refractivity contribution in [3.8, 4) is 0 Å². The summed E-state index contributed by atoms with van der Waals surface area (Å²) in [4.78, 5) is 0. The van der Waals surface area contributed by atoms with Crippen LogP contribution in [0.25, 0.3) is 0 Å². The Kier molecular flexibility index (Phi) is 6.43. The Hall–Kier alpha value is 0.0400. The molecule has 0 heterocycles. The zero-order valence-electron chi connectivity index (χ0n) is 12.5. The van der Waals surface area contributed by atoms with Crippen LogP contribution in [-0.4, -0.2) is 30.7 Å². The molecule has 1 aromatic rings. The molecule has 0 saturated carbocycles. The number of benzene rings is 1. The summed E-state index contributed by atoms with van der Waals surface area (Å²) in [7, 11) is -3.23. The number of sulfone groups is 1. The van der Waals surface area contributed by atoms with E-state index >= 15 is 0 Å². The van der Waals surface area contributed by atoms with Gasteiger partial charge in [0.05, 0.1) is 10.5 Å². The van der Waals surface area contributed by atoms with Crippen LogP contribution in [0.2, 0.25) is 5.02 Å². The van der Waals surface area contributed by atoms with E-state index in [0.29, 0.717) is 11.4 Å². The van der Waals surface area contributed by atoms with Gasteiger partial charge in [-0.1, -0.05) is 29.8 Å². The summed E-state index contributed by atoms with van der Waals surface area (Å²) in [6, 6.07) is 7.30. The van der Waals surface area contributed by atoms with Gasteiger partial charge >= 0.3 is 0 Å². The minimum atomic E-state index is -3.23. The van der Waals surface area contributed by atoms with Gasteiger partial charge in [0.1, 0.15) is 0 Å². The van der Waals surface area contributed by atoms with Gasteiger partial charge in [-0.2, -0.15) is 0 Å². The van der Waals surface area contributed by atoms with Crippen LogP contribution in [0.1, 0.15) is 32.8 Å². The number of halogens is 3. The van der Waals surface area contributed by atoms with E-state index < -0.39 is 20.0 Å². The SMILES string of the molecule is CC(C)(C)S(=O)(=O)CCC(CCl)(CCl)c1ccccc1Cl. The van der Waals surface area contributed by atoms with Crippen LogP contribution in [0.5, 0.6) is 0 Å². The first kappa shape index (κ1) is 19.1. The predicted molar refractivity (Wildman–Crippen MR) is 92.7 cm³/mol. The van der Waals surface area contributed by atoms with Gasteiger partial charge in [-0.25, -0.2) is 8.42 Å². The van der Waals surface area contributed by atoms with E-state index in [-0.39, 0.29) is 17.5 Å². The summed E-state index contributed by atoms with van der Waals surface area (Å²) in [5, 5.41) is 0.562. The molecule has 1 aromatic carbocycles. The van der Waals surface area contributed by atoms with Crippen molar-refractivity contribution < 1.29 is 8.42 Å². The average molecular weight is 372 g/mol. The average Bonchev–Trinajstić information content (AvgIpc) is 2.41. The third-order valence-corrected chi connectivity index (χ3v) is 7.70. The smallest absolute Gasteiger partial charge is 0.155 e. The molecule has 0 aromatic heterocycles. The standard InChI is InChI=1S/C15H21Cl3O2S/c1-14(2,3)21(19,20)9-8-15(10-16,11-17)12-6-4-5-7-13(12)18/h4-7H,8-11H2,1-3H3. The summed E-state index contributed by atoms with van der Waals surface area (Å²) in [6.07, 6.45) is 0.351. The van der Waals surface area contributed by atoms with Gasteiger partial charge < -0.3 is 0 Å². The molecular weight excluding hydrogens is 351 g/mol. The van der Waals surface area contributed by atoms with Crippen molar-refractivity contribution in [3.05, 3.63) is 34.9 Å². The lowest BCUT2D eigenvalue weighted by Crippen LogP contribution is -2.37. The van der Waals surface area contributed by atoms with E-state index in [0.717, 1.165) is 5.56 Å². The lowest BCUT2D eigenvalue weighted by molar-refractivity contribution is 0.502. The highest BCUT2D eigenvalue weighted by Gasteiger charge is 2.37. The quantitative estimate of drug-likeness (QED) is 0.682. The molecule has 0 spiro atoms. The first-order valence-corrected chi connectivity index (χ1v) is 9.79. The van der Waals surface area contributed by atoms with Gasteiger partial charge in [-0.05, 0) is 38.8 Å². The Bertz CT molecular complexity index is 573. The Morgan fingerprint density at radius 2 is 1.57 bits per heavy atom. The maximum absolute atomic E-state index is 12.3. The maximum Gasteiger partial charge on any atom is 0.155 e. The Morgan fingerprint density at radius 3 is 2.00 bits per heavy atom. The fourth-order valence-corrected chi connectivity index (χ4v) is 4.42. The van der Waals surface area contributed by atoms with Gasteiger partial charge in [0.25, 0.3) is 0 Å². The third-order valence-electron chi connectivity index (χ3n) is 3.74. The maximum atomic E-state index is 12.3. The molecule has 0 aliphatic carbocycles. The molecule has 120 valence electrons. The van der Waals surface area contributed by atoms with Crippen LogP contribution in [0.4, 0.5) is 0 Å². The van der Waals surface area contributed by atoms with Crippen LogP contribution >= 0.6 is 34.8 Å². The second kappa shape index (κ2) is 7.08. The zero-order valence-corrected chi connectivity index (χ0v) is 15.6. The summed E-state index contributed by atoms with van der Waals surface area (Å²) in [5.41, 5.74) is 0.167. The van der Waals surface area contributed by atoms with Crippen LogP contribution in [0.15, 0.2) is 24.3 Å². The van der Waals surface area contributed by atoms with Crippen molar-refractivity contribution >= 4 is 44.6 Å². The van der Waals surface area contributed by atoms with Crippen molar-refractivity contribution in [1.82, 2.24) is 0 Å².